The Morgan fingerprint density at radius 2 is 1.58 bits per heavy atom. The first-order chi connectivity index (χ1) is 17.2. The number of carbonyl (C=O) groups is 3. The molecule has 2 aromatic rings. The van der Waals surface area contributed by atoms with Gasteiger partial charge in [0.05, 0.1) is 0 Å². The molecular weight excluding hydrogens is 474 g/mol. The zero-order valence-electron chi connectivity index (χ0n) is 21.6. The Morgan fingerprint density at radius 1 is 0.944 bits per heavy atom. The van der Waals surface area contributed by atoms with Crippen LogP contribution in [0.1, 0.15) is 52.0 Å². The van der Waals surface area contributed by atoms with Gasteiger partial charge in [0.1, 0.15) is 10.6 Å². The van der Waals surface area contributed by atoms with Crippen LogP contribution < -0.4 is 10.6 Å². The van der Waals surface area contributed by atoms with Crippen LogP contribution in [0.25, 0.3) is 0 Å². The lowest BCUT2D eigenvalue weighted by Crippen LogP contribution is -2.33. The third-order valence-corrected chi connectivity index (χ3v) is 6.74. The maximum absolute atomic E-state index is 13.3. The predicted molar refractivity (Wildman–Crippen MR) is 145 cm³/mol. The molecule has 7 nitrogen and oxygen atoms in total. The number of anilines is 2. The average molecular weight is 510 g/mol. The minimum atomic E-state index is -0.343. The van der Waals surface area contributed by atoms with E-state index in [4.69, 9.17) is 4.74 Å². The fourth-order valence-electron chi connectivity index (χ4n) is 3.73. The first kappa shape index (κ1) is 27.5. The Kier molecular flexibility index (Phi) is 9.73. The number of nitrogens with zero attached hydrogens (tertiary/aromatic N) is 1. The van der Waals surface area contributed by atoms with Crippen LogP contribution in [-0.2, 0) is 19.1 Å². The molecule has 0 radical (unpaired) electrons. The standard InChI is InChI=1S/C28H35N3O4S/c1-18(2)17-24(32)29-21-11-13-23(14-12-21)36-26-25(27(33)31(28(26)34)15-6-16-35-5)30-22-9-7-20(8-10-22)19(3)4/h7-14,18-19,30H,6,15-17H2,1-5H3,(H,29,32). The molecule has 0 aromatic heterocycles. The number of hydrogen-bond acceptors (Lipinski definition) is 6. The van der Waals surface area contributed by atoms with Gasteiger partial charge in [-0.05, 0) is 60.2 Å². The summed E-state index contributed by atoms with van der Waals surface area (Å²) >= 11 is 1.24. The van der Waals surface area contributed by atoms with Gasteiger partial charge in [-0.1, -0.05) is 51.6 Å². The summed E-state index contributed by atoms with van der Waals surface area (Å²) in [6, 6.07) is 15.2. The van der Waals surface area contributed by atoms with E-state index in [1.54, 1.807) is 19.2 Å². The highest BCUT2D eigenvalue weighted by atomic mass is 32.2. The number of imide groups is 1. The summed E-state index contributed by atoms with van der Waals surface area (Å²) in [5.41, 5.74) is 2.90. The summed E-state index contributed by atoms with van der Waals surface area (Å²) < 4.78 is 5.09. The minimum absolute atomic E-state index is 0.0358. The third-order valence-electron chi connectivity index (χ3n) is 5.65. The molecule has 2 aromatic carbocycles. The summed E-state index contributed by atoms with van der Waals surface area (Å²) in [7, 11) is 1.59. The highest BCUT2D eigenvalue weighted by Crippen LogP contribution is 2.36. The molecular formula is C28H35N3O4S. The lowest BCUT2D eigenvalue weighted by atomic mass is 10.0. The van der Waals surface area contributed by atoms with E-state index in [9.17, 15) is 14.4 Å². The van der Waals surface area contributed by atoms with Crippen molar-refractivity contribution in [3.05, 3.63) is 64.7 Å². The molecule has 1 heterocycles. The minimum Gasteiger partial charge on any atom is -0.385 e. The number of carbonyl (C=O) groups excluding carboxylic acids is 3. The molecule has 0 saturated heterocycles. The van der Waals surface area contributed by atoms with Gasteiger partial charge in [0, 0.05) is 43.0 Å². The molecule has 2 N–H and O–H groups in total. The first-order valence-electron chi connectivity index (χ1n) is 12.2. The van der Waals surface area contributed by atoms with Gasteiger partial charge in [-0.15, -0.1) is 0 Å². The van der Waals surface area contributed by atoms with Gasteiger partial charge in [0.15, 0.2) is 0 Å². The second-order valence-corrected chi connectivity index (χ2v) is 10.6. The van der Waals surface area contributed by atoms with Crippen molar-refractivity contribution in [3.8, 4) is 0 Å². The number of hydrogen-bond donors (Lipinski definition) is 2. The smallest absolute Gasteiger partial charge is 0.278 e. The zero-order chi connectivity index (χ0) is 26.2. The molecule has 0 aliphatic carbocycles. The van der Waals surface area contributed by atoms with Crippen LogP contribution in [0.15, 0.2) is 64.0 Å². The molecule has 1 aliphatic rings. The van der Waals surface area contributed by atoms with E-state index >= 15 is 0 Å². The molecule has 0 fully saturated rings. The van der Waals surface area contributed by atoms with E-state index in [0.717, 1.165) is 10.6 Å². The molecule has 0 bridgehead atoms. The van der Waals surface area contributed by atoms with E-state index < -0.39 is 0 Å². The number of methoxy groups -OCH3 is 1. The van der Waals surface area contributed by atoms with Crippen LogP contribution >= 0.6 is 11.8 Å². The third kappa shape index (κ3) is 7.21. The molecule has 3 rings (SSSR count). The monoisotopic (exact) mass is 509 g/mol. The van der Waals surface area contributed by atoms with Gasteiger partial charge in [-0.2, -0.15) is 0 Å². The van der Waals surface area contributed by atoms with Crippen LogP contribution in [0.5, 0.6) is 0 Å². The Hall–Kier alpha value is -3.10. The fraction of sp³-hybridized carbons (Fsp3) is 0.393. The Morgan fingerprint density at radius 3 is 2.17 bits per heavy atom. The van der Waals surface area contributed by atoms with Crippen molar-refractivity contribution in [2.75, 3.05) is 30.9 Å². The normalized spacial score (nSPS) is 13.8. The number of rotatable bonds is 12. The molecule has 0 spiro atoms. The molecule has 36 heavy (non-hydrogen) atoms. The van der Waals surface area contributed by atoms with Crippen LogP contribution in [0.3, 0.4) is 0 Å². The van der Waals surface area contributed by atoms with E-state index in [1.165, 1.54) is 22.2 Å². The summed E-state index contributed by atoms with van der Waals surface area (Å²) in [5, 5.41) is 6.08. The topological polar surface area (TPSA) is 87.7 Å². The molecule has 0 saturated carbocycles. The number of amides is 3. The Balaban J connectivity index is 1.82. The fourth-order valence-corrected chi connectivity index (χ4v) is 4.68. The molecule has 192 valence electrons. The SMILES string of the molecule is COCCCN1C(=O)C(Nc2ccc(C(C)C)cc2)=C(Sc2ccc(NC(=O)CC(C)C)cc2)C1=O. The van der Waals surface area contributed by atoms with Crippen LogP contribution in [0, 0.1) is 5.92 Å². The van der Waals surface area contributed by atoms with E-state index in [-0.39, 0.29) is 35.9 Å². The molecule has 0 unspecified atom stereocenters. The van der Waals surface area contributed by atoms with Crippen molar-refractivity contribution in [2.24, 2.45) is 5.92 Å². The predicted octanol–water partition coefficient (Wildman–Crippen LogP) is 5.62. The maximum atomic E-state index is 13.3. The van der Waals surface area contributed by atoms with Gasteiger partial charge in [-0.3, -0.25) is 19.3 Å². The second-order valence-electron chi connectivity index (χ2n) is 9.49. The number of nitrogens with one attached hydrogen (secondary N) is 2. The van der Waals surface area contributed by atoms with E-state index in [1.807, 2.05) is 50.2 Å². The van der Waals surface area contributed by atoms with Gasteiger partial charge >= 0.3 is 0 Å². The Bertz CT molecular complexity index is 1110. The molecule has 3 amide bonds. The summed E-state index contributed by atoms with van der Waals surface area (Å²) in [5.74, 6) is -0.0299. The zero-order valence-corrected chi connectivity index (χ0v) is 22.4. The van der Waals surface area contributed by atoms with Crippen molar-refractivity contribution in [2.45, 2.75) is 51.3 Å². The van der Waals surface area contributed by atoms with Gasteiger partial charge in [0.2, 0.25) is 5.91 Å². The highest BCUT2D eigenvalue weighted by molar-refractivity contribution is 8.04. The number of thioether (sulfide) groups is 1. The number of ether oxygens (including phenoxy) is 1. The summed E-state index contributed by atoms with van der Waals surface area (Å²) in [6.45, 7) is 8.98. The van der Waals surface area contributed by atoms with Crippen molar-refractivity contribution in [1.29, 1.82) is 0 Å². The van der Waals surface area contributed by atoms with Gasteiger partial charge in [0.25, 0.3) is 11.8 Å². The molecule has 1 aliphatic heterocycles. The molecule has 0 atom stereocenters. The van der Waals surface area contributed by atoms with Crippen molar-refractivity contribution in [3.63, 3.8) is 0 Å². The Labute approximate surface area is 217 Å². The largest absolute Gasteiger partial charge is 0.385 e. The maximum Gasteiger partial charge on any atom is 0.278 e. The van der Waals surface area contributed by atoms with E-state index in [0.29, 0.717) is 36.0 Å². The van der Waals surface area contributed by atoms with Crippen LogP contribution in [0.4, 0.5) is 11.4 Å². The second kappa shape index (κ2) is 12.7. The lowest BCUT2D eigenvalue weighted by molar-refractivity contribution is -0.137. The quantitative estimate of drug-likeness (QED) is 0.285. The van der Waals surface area contributed by atoms with Crippen LogP contribution in [0.2, 0.25) is 0 Å². The molecule has 8 heteroatoms. The number of benzene rings is 2. The summed E-state index contributed by atoms with van der Waals surface area (Å²) in [4.78, 5) is 41.0. The van der Waals surface area contributed by atoms with Crippen LogP contribution in [-0.4, -0.2) is 42.9 Å². The van der Waals surface area contributed by atoms with Crippen molar-refractivity contribution >= 4 is 40.9 Å². The van der Waals surface area contributed by atoms with Crippen molar-refractivity contribution in [1.82, 2.24) is 4.90 Å². The first-order valence-corrected chi connectivity index (χ1v) is 13.1. The van der Waals surface area contributed by atoms with E-state index in [2.05, 4.69) is 24.5 Å². The van der Waals surface area contributed by atoms with Crippen molar-refractivity contribution < 1.29 is 19.1 Å². The lowest BCUT2D eigenvalue weighted by Gasteiger charge is -2.15. The highest BCUT2D eigenvalue weighted by Gasteiger charge is 2.38. The average Bonchev–Trinajstić information content (AvgIpc) is 3.04. The van der Waals surface area contributed by atoms with Gasteiger partial charge < -0.3 is 15.4 Å². The van der Waals surface area contributed by atoms with Gasteiger partial charge in [-0.25, -0.2) is 0 Å². The summed E-state index contributed by atoms with van der Waals surface area (Å²) in [6.07, 6.45) is 1.01.